The fraction of sp³-hybridized carbons (Fsp3) is 1.00. The van der Waals surface area contributed by atoms with Gasteiger partial charge in [-0.2, -0.15) is 91.8 Å². The maximum Gasteiger partial charge on any atom is 0.460 e. The summed E-state index contributed by atoms with van der Waals surface area (Å²) < 4.78 is 271. The van der Waals surface area contributed by atoms with Crippen molar-refractivity contribution in [3.63, 3.8) is 0 Å². The zero-order valence-electron chi connectivity index (χ0n) is 15.3. The number of hydrogen-bond acceptors (Lipinski definition) is 3. The maximum atomic E-state index is 13.4. The molecular formula is C11H6F19NO3S. The Kier molecular flexibility index (Phi) is 8.19. The Morgan fingerprint density at radius 2 is 0.743 bits per heavy atom. The number of hydrogen-bond donors (Lipinski definition) is 1. The van der Waals surface area contributed by atoms with Gasteiger partial charge < -0.3 is 0 Å². The molecule has 0 heterocycles. The molecule has 0 aromatic carbocycles. The van der Waals surface area contributed by atoms with Gasteiger partial charge in [0.05, 0.1) is 6.61 Å². The molecule has 0 aliphatic heterocycles. The predicted molar refractivity (Wildman–Crippen MR) is 69.3 cm³/mol. The molecule has 0 aromatic heterocycles. The van der Waals surface area contributed by atoms with Crippen molar-refractivity contribution in [1.29, 1.82) is 0 Å². The van der Waals surface area contributed by atoms with Crippen LogP contribution >= 0.6 is 0 Å². The van der Waals surface area contributed by atoms with Gasteiger partial charge in [0.1, 0.15) is 0 Å². The van der Waals surface area contributed by atoms with Crippen LogP contribution in [0.1, 0.15) is 6.42 Å². The number of rotatable bonds is 11. The predicted octanol–water partition coefficient (Wildman–Crippen LogP) is 5.24. The average Bonchev–Trinajstić information content (AvgIpc) is 2.58. The Morgan fingerprint density at radius 1 is 0.486 bits per heavy atom. The molecule has 0 aliphatic carbocycles. The third-order valence-corrected chi connectivity index (χ3v) is 4.34. The molecular weight excluding hydrogens is 587 g/mol. The Hall–Kier alpha value is -1.46. The molecule has 0 amide bonds. The molecule has 35 heavy (non-hydrogen) atoms. The highest BCUT2D eigenvalue weighted by atomic mass is 32.2. The minimum absolute atomic E-state index is 2.40. The van der Waals surface area contributed by atoms with Crippen LogP contribution in [0, 0.1) is 0 Å². The van der Waals surface area contributed by atoms with Gasteiger partial charge in [0.15, 0.2) is 0 Å². The molecule has 0 aromatic rings. The van der Waals surface area contributed by atoms with Crippen molar-refractivity contribution in [3.8, 4) is 0 Å². The maximum absolute atomic E-state index is 13.4. The van der Waals surface area contributed by atoms with Gasteiger partial charge in [0, 0.05) is 6.42 Å². The van der Waals surface area contributed by atoms with E-state index in [4.69, 9.17) is 0 Å². The molecule has 0 saturated heterocycles. The molecule has 24 heteroatoms. The minimum Gasteiger partial charge on any atom is -0.258 e. The van der Waals surface area contributed by atoms with Crippen LogP contribution < -0.4 is 5.14 Å². The van der Waals surface area contributed by atoms with Gasteiger partial charge in [-0.25, -0.2) is 5.14 Å². The third kappa shape index (κ3) is 4.92. The summed E-state index contributed by atoms with van der Waals surface area (Å²) in [5.41, 5.74) is 0. The van der Waals surface area contributed by atoms with E-state index in [2.05, 4.69) is 9.32 Å². The first-order valence-corrected chi connectivity index (χ1v) is 8.94. The van der Waals surface area contributed by atoms with Crippen molar-refractivity contribution in [1.82, 2.24) is 0 Å². The van der Waals surface area contributed by atoms with E-state index >= 15 is 0 Å². The highest BCUT2D eigenvalue weighted by molar-refractivity contribution is 7.84. The minimum atomic E-state index is -9.02. The zero-order chi connectivity index (χ0) is 29.1. The van der Waals surface area contributed by atoms with E-state index in [1.165, 1.54) is 0 Å². The highest BCUT2D eigenvalue weighted by Gasteiger charge is 2.96. The third-order valence-electron chi connectivity index (χ3n) is 3.85. The van der Waals surface area contributed by atoms with Crippen molar-refractivity contribution >= 4 is 10.3 Å². The van der Waals surface area contributed by atoms with Gasteiger partial charge in [0.2, 0.25) is 0 Å². The van der Waals surface area contributed by atoms with Crippen LogP contribution in [0.25, 0.3) is 0 Å². The second-order valence-electron chi connectivity index (χ2n) is 6.29. The van der Waals surface area contributed by atoms with E-state index in [0.717, 1.165) is 0 Å². The van der Waals surface area contributed by atoms with Crippen molar-refractivity contribution in [2.75, 3.05) is 6.61 Å². The second-order valence-corrected chi connectivity index (χ2v) is 7.51. The lowest BCUT2D eigenvalue weighted by molar-refractivity contribution is -0.468. The first-order valence-electron chi connectivity index (χ1n) is 7.47. The summed E-state index contributed by atoms with van der Waals surface area (Å²) >= 11 is 0. The van der Waals surface area contributed by atoms with Gasteiger partial charge in [0.25, 0.3) is 0 Å². The van der Waals surface area contributed by atoms with Crippen LogP contribution in [-0.4, -0.2) is 68.6 Å². The SMILES string of the molecule is NS(=O)(=O)OCCC(F)(F)C(F)(F)C(F)(F)C(F)(F)C(F)(F)C(F)(F)C(F)(F)C(F)(F)C(F)(F)F. The molecule has 0 fully saturated rings. The van der Waals surface area contributed by atoms with Crippen LogP contribution in [0.3, 0.4) is 0 Å². The first-order chi connectivity index (χ1) is 14.7. The van der Waals surface area contributed by atoms with Crippen molar-refractivity contribution < 1.29 is 96.0 Å². The quantitative estimate of drug-likeness (QED) is 0.334. The summed E-state index contributed by atoms with van der Waals surface area (Å²) in [6, 6.07) is 0. The Labute approximate surface area is 179 Å². The van der Waals surface area contributed by atoms with Crippen molar-refractivity contribution in [3.05, 3.63) is 0 Å². The summed E-state index contributed by atoms with van der Waals surface area (Å²) in [7, 11) is -5.32. The molecule has 0 saturated carbocycles. The fourth-order valence-electron chi connectivity index (χ4n) is 1.84. The Morgan fingerprint density at radius 3 is 1.00 bits per heavy atom. The summed E-state index contributed by atoms with van der Waals surface area (Å²) in [6.07, 6.45) is -11.1. The summed E-state index contributed by atoms with van der Waals surface area (Å²) in [6.45, 7) is -2.40. The smallest absolute Gasteiger partial charge is 0.258 e. The van der Waals surface area contributed by atoms with Gasteiger partial charge in [-0.1, -0.05) is 0 Å². The van der Waals surface area contributed by atoms with E-state index in [9.17, 15) is 91.8 Å². The Bertz CT molecular complexity index is 877. The molecule has 0 rings (SSSR count). The lowest BCUT2D eigenvalue weighted by Crippen LogP contribution is -2.75. The van der Waals surface area contributed by atoms with Crippen molar-refractivity contribution in [2.45, 2.75) is 60.0 Å². The van der Waals surface area contributed by atoms with Crippen LogP contribution in [0.5, 0.6) is 0 Å². The molecule has 212 valence electrons. The summed E-state index contributed by atoms with van der Waals surface area (Å²) in [5, 5.41) is 3.99. The fourth-order valence-corrected chi connectivity index (χ4v) is 2.15. The summed E-state index contributed by atoms with van der Waals surface area (Å²) in [4.78, 5) is 0. The molecule has 0 radical (unpaired) electrons. The van der Waals surface area contributed by atoms with Gasteiger partial charge in [-0.05, 0) is 0 Å². The number of nitrogens with two attached hydrogens (primary N) is 1. The molecule has 0 bridgehead atoms. The average molecular weight is 593 g/mol. The molecule has 0 unspecified atom stereocenters. The summed E-state index contributed by atoms with van der Waals surface area (Å²) in [5.74, 6) is -67.6. The van der Waals surface area contributed by atoms with Gasteiger partial charge in [-0.3, -0.25) is 4.18 Å². The molecule has 0 aliphatic rings. The topological polar surface area (TPSA) is 69.4 Å². The van der Waals surface area contributed by atoms with Gasteiger partial charge in [-0.15, -0.1) is 0 Å². The molecule has 4 nitrogen and oxygen atoms in total. The highest BCUT2D eigenvalue weighted by Crippen LogP contribution is 2.65. The largest absolute Gasteiger partial charge is 0.460 e. The second kappa shape index (κ2) is 8.55. The molecule has 0 atom stereocenters. The first kappa shape index (κ1) is 33.5. The van der Waals surface area contributed by atoms with Crippen LogP contribution in [0.15, 0.2) is 0 Å². The Balaban J connectivity index is 6.68. The van der Waals surface area contributed by atoms with E-state index in [1.54, 1.807) is 0 Å². The van der Waals surface area contributed by atoms with E-state index in [1.807, 2.05) is 0 Å². The molecule has 0 spiro atoms. The van der Waals surface area contributed by atoms with E-state index in [-0.39, 0.29) is 0 Å². The molecule has 2 N–H and O–H groups in total. The van der Waals surface area contributed by atoms with E-state index < -0.39 is 76.9 Å². The van der Waals surface area contributed by atoms with Crippen LogP contribution in [0.4, 0.5) is 83.4 Å². The standard InChI is InChI=1S/C11H6F19NO3S/c12-3(13,1-2-34-35(31,32)33)4(14,15)5(16,17)6(18,19)7(20,21)8(22,23)9(24,25)10(26,27)11(28,29)30/h1-2H2,(H2,31,32,33). The van der Waals surface area contributed by atoms with Crippen LogP contribution in [0.2, 0.25) is 0 Å². The number of halogens is 19. The zero-order valence-corrected chi connectivity index (χ0v) is 16.1. The monoisotopic (exact) mass is 593 g/mol. The lowest BCUT2D eigenvalue weighted by atomic mass is 9.87. The van der Waals surface area contributed by atoms with E-state index in [0.29, 0.717) is 0 Å². The van der Waals surface area contributed by atoms with Crippen molar-refractivity contribution in [2.24, 2.45) is 5.14 Å². The normalized spacial score (nSPS) is 16.6. The van der Waals surface area contributed by atoms with Crippen LogP contribution in [-0.2, 0) is 14.5 Å². The van der Waals surface area contributed by atoms with Gasteiger partial charge >= 0.3 is 63.9 Å². The lowest BCUT2D eigenvalue weighted by Gasteiger charge is -2.43. The number of alkyl halides is 19.